The molecule has 2 amide bonds. The predicted octanol–water partition coefficient (Wildman–Crippen LogP) is 0.597. The van der Waals surface area contributed by atoms with E-state index in [4.69, 9.17) is 17.3 Å². The highest BCUT2D eigenvalue weighted by molar-refractivity contribution is 6.31. The van der Waals surface area contributed by atoms with Gasteiger partial charge in [0.05, 0.1) is 12.1 Å². The Morgan fingerprint density at radius 3 is 2.69 bits per heavy atom. The Hall–Kier alpha value is -1.75. The summed E-state index contributed by atoms with van der Waals surface area (Å²) in [7, 11) is 1.69. The van der Waals surface area contributed by atoms with Gasteiger partial charge in [0.2, 0.25) is 5.91 Å². The summed E-state index contributed by atoms with van der Waals surface area (Å²) in [6, 6.07) is 4.86. The molecule has 0 radical (unpaired) electrons. The van der Waals surface area contributed by atoms with Crippen LogP contribution >= 0.6 is 11.6 Å². The molecule has 0 aliphatic rings. The van der Waals surface area contributed by atoms with Crippen molar-refractivity contribution in [2.75, 3.05) is 18.9 Å². The molecule has 6 heteroatoms. The molecule has 0 atom stereocenters. The van der Waals surface area contributed by atoms with E-state index in [9.17, 15) is 9.59 Å². The largest absolute Gasteiger partial charge is 0.387 e. The zero-order chi connectivity index (χ0) is 12.1. The third-order valence-corrected chi connectivity index (χ3v) is 2.15. The topological polar surface area (TPSA) is 84.2 Å². The normalized spacial score (nSPS) is 9.62. The van der Waals surface area contributed by atoms with Crippen molar-refractivity contribution in [1.82, 2.24) is 5.32 Å². The molecule has 0 saturated carbocycles. The summed E-state index contributed by atoms with van der Waals surface area (Å²) in [4.78, 5) is 22.2. The molecule has 86 valence electrons. The highest BCUT2D eigenvalue weighted by atomic mass is 35.5. The first-order valence-corrected chi connectivity index (χ1v) is 4.96. The number of rotatable bonds is 4. The molecule has 1 rings (SSSR count). The van der Waals surface area contributed by atoms with Gasteiger partial charge in [-0.15, -0.1) is 0 Å². The highest BCUT2D eigenvalue weighted by Gasteiger charge is 2.11. The van der Waals surface area contributed by atoms with Crippen LogP contribution in [-0.4, -0.2) is 25.4 Å². The van der Waals surface area contributed by atoms with Crippen molar-refractivity contribution in [3.63, 3.8) is 0 Å². The predicted molar refractivity (Wildman–Crippen MR) is 62.5 cm³/mol. The lowest BCUT2D eigenvalue weighted by Crippen LogP contribution is -2.33. The van der Waals surface area contributed by atoms with Gasteiger partial charge >= 0.3 is 0 Å². The molecule has 0 aromatic heterocycles. The molecule has 0 unspecified atom stereocenters. The average molecular weight is 242 g/mol. The highest BCUT2D eigenvalue weighted by Crippen LogP contribution is 2.19. The average Bonchev–Trinajstić information content (AvgIpc) is 2.25. The number of amides is 2. The molecule has 0 heterocycles. The molecule has 0 aliphatic carbocycles. The van der Waals surface area contributed by atoms with E-state index in [1.165, 1.54) is 6.07 Å². The van der Waals surface area contributed by atoms with Gasteiger partial charge in [-0.3, -0.25) is 9.59 Å². The van der Waals surface area contributed by atoms with Crippen LogP contribution in [0.5, 0.6) is 0 Å². The van der Waals surface area contributed by atoms with Crippen LogP contribution < -0.4 is 16.4 Å². The lowest BCUT2D eigenvalue weighted by molar-refractivity contribution is -0.117. The maximum atomic E-state index is 11.7. The zero-order valence-corrected chi connectivity index (χ0v) is 9.47. The molecule has 0 bridgehead atoms. The number of carbonyl (C=O) groups is 2. The summed E-state index contributed by atoms with van der Waals surface area (Å²) in [6.45, 7) is -0.200. The Morgan fingerprint density at radius 1 is 1.44 bits per heavy atom. The zero-order valence-electron chi connectivity index (χ0n) is 8.71. The number of carbonyl (C=O) groups excluding carboxylic acids is 2. The minimum absolute atomic E-state index is 0.200. The number of anilines is 1. The second-order valence-corrected chi connectivity index (χ2v) is 3.53. The van der Waals surface area contributed by atoms with Crippen molar-refractivity contribution < 1.29 is 9.59 Å². The van der Waals surface area contributed by atoms with Gasteiger partial charge in [0.1, 0.15) is 0 Å². The van der Waals surface area contributed by atoms with Crippen molar-refractivity contribution in [1.29, 1.82) is 0 Å². The Bertz CT molecular complexity index is 421. The summed E-state index contributed by atoms with van der Waals surface area (Å²) in [6.07, 6.45) is 0. The van der Waals surface area contributed by atoms with Crippen molar-refractivity contribution in [3.8, 4) is 0 Å². The van der Waals surface area contributed by atoms with E-state index in [0.717, 1.165) is 0 Å². The van der Waals surface area contributed by atoms with Gasteiger partial charge in [-0.05, 0) is 18.2 Å². The fourth-order valence-corrected chi connectivity index (χ4v) is 1.36. The van der Waals surface area contributed by atoms with E-state index in [1.54, 1.807) is 19.2 Å². The molecular weight excluding hydrogens is 230 g/mol. The molecule has 0 fully saturated rings. The van der Waals surface area contributed by atoms with Crippen molar-refractivity contribution in [2.45, 2.75) is 0 Å². The lowest BCUT2D eigenvalue weighted by atomic mass is 10.1. The summed E-state index contributed by atoms with van der Waals surface area (Å²) < 4.78 is 0. The van der Waals surface area contributed by atoms with Gasteiger partial charge in [0, 0.05) is 17.8 Å². The van der Waals surface area contributed by atoms with E-state index >= 15 is 0 Å². The van der Waals surface area contributed by atoms with Gasteiger partial charge in [-0.2, -0.15) is 0 Å². The molecule has 4 N–H and O–H groups in total. The molecule has 0 spiro atoms. The first-order chi connectivity index (χ1) is 7.54. The van der Waals surface area contributed by atoms with Crippen LogP contribution in [0.3, 0.4) is 0 Å². The molecule has 16 heavy (non-hydrogen) atoms. The number of hydrogen-bond acceptors (Lipinski definition) is 3. The third-order valence-electron chi connectivity index (χ3n) is 1.92. The van der Waals surface area contributed by atoms with Crippen LogP contribution in [0.1, 0.15) is 10.4 Å². The smallest absolute Gasteiger partial charge is 0.253 e. The van der Waals surface area contributed by atoms with Crippen LogP contribution in [-0.2, 0) is 4.79 Å². The first-order valence-electron chi connectivity index (χ1n) is 4.58. The van der Waals surface area contributed by atoms with Gasteiger partial charge in [0.15, 0.2) is 0 Å². The molecule has 1 aromatic rings. The fourth-order valence-electron chi connectivity index (χ4n) is 1.18. The van der Waals surface area contributed by atoms with E-state index in [1.807, 2.05) is 0 Å². The molecule has 1 aromatic carbocycles. The number of halogens is 1. The minimum atomic E-state index is -0.596. The summed E-state index contributed by atoms with van der Waals surface area (Å²) in [5.41, 5.74) is 5.93. The lowest BCUT2D eigenvalue weighted by Gasteiger charge is -2.09. The monoisotopic (exact) mass is 241 g/mol. The second kappa shape index (κ2) is 5.37. The van der Waals surface area contributed by atoms with Crippen molar-refractivity contribution in [2.24, 2.45) is 5.73 Å². The van der Waals surface area contributed by atoms with Crippen LogP contribution in [0.15, 0.2) is 18.2 Å². The number of nitrogens with two attached hydrogens (primary N) is 1. The van der Waals surface area contributed by atoms with E-state index < -0.39 is 11.8 Å². The summed E-state index contributed by atoms with van der Waals surface area (Å²) in [5, 5.41) is 5.69. The van der Waals surface area contributed by atoms with Gasteiger partial charge in [-0.25, -0.2) is 0 Å². The maximum Gasteiger partial charge on any atom is 0.253 e. The minimum Gasteiger partial charge on any atom is -0.387 e. The van der Waals surface area contributed by atoms with Crippen molar-refractivity contribution >= 4 is 29.1 Å². The number of hydrogen-bond donors (Lipinski definition) is 3. The van der Waals surface area contributed by atoms with Crippen LogP contribution in [0, 0.1) is 0 Å². The standard InChI is InChI=1S/C10H12ClN3O2/c1-13-8-3-2-6(11)4-7(8)10(16)14-5-9(12)15/h2-4,13H,5H2,1H3,(H2,12,15)(H,14,16). The van der Waals surface area contributed by atoms with Gasteiger partial charge < -0.3 is 16.4 Å². The second-order valence-electron chi connectivity index (χ2n) is 3.09. The Labute approximate surface area is 98.0 Å². The molecule has 0 aliphatic heterocycles. The molecule has 5 nitrogen and oxygen atoms in total. The Kier molecular flexibility index (Phi) is 4.13. The van der Waals surface area contributed by atoms with Gasteiger partial charge in [-0.1, -0.05) is 11.6 Å². The molecule has 0 saturated heterocycles. The molecular formula is C10H12ClN3O2. The Morgan fingerprint density at radius 2 is 2.12 bits per heavy atom. The summed E-state index contributed by atoms with van der Waals surface area (Å²) >= 11 is 5.78. The van der Waals surface area contributed by atoms with Gasteiger partial charge in [0.25, 0.3) is 5.91 Å². The Balaban J connectivity index is 2.88. The SMILES string of the molecule is CNc1ccc(Cl)cc1C(=O)NCC(N)=O. The summed E-state index contributed by atoms with van der Waals surface area (Å²) in [5.74, 6) is -0.993. The van der Waals surface area contributed by atoms with E-state index in [2.05, 4.69) is 10.6 Å². The fraction of sp³-hybridized carbons (Fsp3) is 0.200. The van der Waals surface area contributed by atoms with E-state index in [0.29, 0.717) is 16.3 Å². The quantitative estimate of drug-likeness (QED) is 0.722. The van der Waals surface area contributed by atoms with E-state index in [-0.39, 0.29) is 6.54 Å². The number of nitrogens with one attached hydrogen (secondary N) is 2. The maximum absolute atomic E-state index is 11.7. The van der Waals surface area contributed by atoms with Crippen LogP contribution in [0.4, 0.5) is 5.69 Å². The van der Waals surface area contributed by atoms with Crippen LogP contribution in [0.2, 0.25) is 5.02 Å². The first kappa shape index (κ1) is 12.3. The van der Waals surface area contributed by atoms with Crippen LogP contribution in [0.25, 0.3) is 0 Å². The van der Waals surface area contributed by atoms with Crippen molar-refractivity contribution in [3.05, 3.63) is 28.8 Å². The third kappa shape index (κ3) is 3.13. The number of benzene rings is 1. The number of primary amides is 1.